The van der Waals surface area contributed by atoms with Crippen LogP contribution in [0.1, 0.15) is 24.1 Å². The minimum atomic E-state index is 0.695. The van der Waals surface area contributed by atoms with E-state index in [0.29, 0.717) is 5.88 Å². The summed E-state index contributed by atoms with van der Waals surface area (Å²) in [5.74, 6) is 1.71. The number of nitrogens with one attached hydrogen (secondary N) is 1. The van der Waals surface area contributed by atoms with Crippen molar-refractivity contribution in [2.24, 2.45) is 0 Å². The van der Waals surface area contributed by atoms with E-state index in [1.165, 1.54) is 17.7 Å². The third-order valence-corrected chi connectivity index (χ3v) is 2.75. The van der Waals surface area contributed by atoms with Crippen LogP contribution in [0, 0.1) is 0 Å². The molecule has 0 radical (unpaired) electrons. The maximum atomic E-state index is 5.61. The van der Waals surface area contributed by atoms with Crippen molar-refractivity contribution >= 4 is 17.4 Å². The molecule has 0 bridgehead atoms. The molecule has 0 fully saturated rings. The third-order valence-electron chi connectivity index (χ3n) is 2.48. The molecule has 0 aromatic carbocycles. The molecule has 4 heteroatoms. The Morgan fingerprint density at radius 2 is 2.29 bits per heavy atom. The molecule has 1 aliphatic rings. The summed E-state index contributed by atoms with van der Waals surface area (Å²) in [5.41, 5.74) is 2.52. The van der Waals surface area contributed by atoms with E-state index < -0.39 is 0 Å². The molecule has 14 heavy (non-hydrogen) atoms. The van der Waals surface area contributed by atoms with Gasteiger partial charge in [0.05, 0.1) is 0 Å². The molecule has 0 unspecified atom stereocenters. The van der Waals surface area contributed by atoms with Crippen molar-refractivity contribution < 1.29 is 0 Å². The number of aromatic nitrogens is 2. The standard InChI is InChI=1S/C10H14ClN3/c11-5-2-6-12-10-8-3-1-4-9(8)13-7-14-10/h7H,1-6H2,(H,12,13,14). The topological polar surface area (TPSA) is 37.8 Å². The number of halogens is 1. The Kier molecular flexibility index (Phi) is 3.19. The van der Waals surface area contributed by atoms with Gasteiger partial charge in [0.1, 0.15) is 12.1 Å². The van der Waals surface area contributed by atoms with Crippen LogP contribution >= 0.6 is 11.6 Å². The van der Waals surface area contributed by atoms with Gasteiger partial charge in [-0.3, -0.25) is 0 Å². The van der Waals surface area contributed by atoms with Crippen LogP contribution in [-0.2, 0) is 12.8 Å². The lowest BCUT2D eigenvalue weighted by Gasteiger charge is -2.08. The lowest BCUT2D eigenvalue weighted by Crippen LogP contribution is -2.07. The first-order chi connectivity index (χ1) is 6.92. The van der Waals surface area contributed by atoms with Gasteiger partial charge in [0.15, 0.2) is 0 Å². The molecule has 0 aliphatic heterocycles. The number of rotatable bonds is 4. The highest BCUT2D eigenvalue weighted by atomic mass is 35.5. The number of anilines is 1. The van der Waals surface area contributed by atoms with Gasteiger partial charge in [0, 0.05) is 23.7 Å². The molecule has 1 N–H and O–H groups in total. The average Bonchev–Trinajstić information content (AvgIpc) is 2.67. The molecule has 0 saturated carbocycles. The summed E-state index contributed by atoms with van der Waals surface area (Å²) in [6.45, 7) is 0.896. The zero-order chi connectivity index (χ0) is 9.80. The predicted octanol–water partition coefficient (Wildman–Crippen LogP) is 2.01. The Morgan fingerprint density at radius 1 is 1.36 bits per heavy atom. The number of alkyl halides is 1. The molecular formula is C10H14ClN3. The van der Waals surface area contributed by atoms with Crippen LogP contribution in [0.25, 0.3) is 0 Å². The maximum absolute atomic E-state index is 5.61. The van der Waals surface area contributed by atoms with Gasteiger partial charge in [0.25, 0.3) is 0 Å². The Balaban J connectivity index is 2.06. The Morgan fingerprint density at radius 3 is 3.14 bits per heavy atom. The molecule has 1 aromatic heterocycles. The van der Waals surface area contributed by atoms with Crippen molar-refractivity contribution in [3.8, 4) is 0 Å². The van der Waals surface area contributed by atoms with Crippen molar-refractivity contribution in [3.05, 3.63) is 17.6 Å². The summed E-state index contributed by atoms with van der Waals surface area (Å²) in [6.07, 6.45) is 6.03. The Hall–Kier alpha value is -0.830. The second kappa shape index (κ2) is 4.60. The van der Waals surface area contributed by atoms with Crippen LogP contribution in [0.15, 0.2) is 6.33 Å². The normalized spacial score (nSPS) is 14.1. The average molecular weight is 212 g/mol. The lowest BCUT2D eigenvalue weighted by atomic mass is 10.2. The van der Waals surface area contributed by atoms with Gasteiger partial charge in [-0.25, -0.2) is 9.97 Å². The minimum absolute atomic E-state index is 0.695. The Labute approximate surface area is 88.9 Å². The van der Waals surface area contributed by atoms with Crippen molar-refractivity contribution in [1.29, 1.82) is 0 Å². The molecule has 1 aromatic rings. The summed E-state index contributed by atoms with van der Waals surface area (Å²) in [5, 5.41) is 3.31. The number of fused-ring (bicyclic) bond motifs is 1. The number of nitrogens with zero attached hydrogens (tertiary/aromatic N) is 2. The van der Waals surface area contributed by atoms with E-state index in [2.05, 4.69) is 15.3 Å². The van der Waals surface area contributed by atoms with E-state index in [0.717, 1.165) is 31.6 Å². The predicted molar refractivity (Wildman–Crippen MR) is 57.9 cm³/mol. The second-order valence-electron chi connectivity index (χ2n) is 3.47. The monoisotopic (exact) mass is 211 g/mol. The molecule has 2 rings (SSSR count). The van der Waals surface area contributed by atoms with Crippen LogP contribution in [0.3, 0.4) is 0 Å². The fourth-order valence-corrected chi connectivity index (χ4v) is 1.92. The molecule has 0 atom stereocenters. The van der Waals surface area contributed by atoms with Crippen LogP contribution in [-0.4, -0.2) is 22.4 Å². The molecule has 1 aliphatic carbocycles. The first-order valence-electron chi connectivity index (χ1n) is 5.04. The number of aryl methyl sites for hydroxylation is 1. The number of hydrogen-bond donors (Lipinski definition) is 1. The number of hydrogen-bond acceptors (Lipinski definition) is 3. The third kappa shape index (κ3) is 1.98. The second-order valence-corrected chi connectivity index (χ2v) is 3.85. The molecule has 76 valence electrons. The minimum Gasteiger partial charge on any atom is -0.370 e. The first-order valence-corrected chi connectivity index (χ1v) is 5.58. The smallest absolute Gasteiger partial charge is 0.132 e. The summed E-state index contributed by atoms with van der Waals surface area (Å²) in [4.78, 5) is 8.53. The van der Waals surface area contributed by atoms with Gasteiger partial charge in [-0.05, 0) is 25.7 Å². The van der Waals surface area contributed by atoms with E-state index >= 15 is 0 Å². The maximum Gasteiger partial charge on any atom is 0.132 e. The summed E-state index contributed by atoms with van der Waals surface area (Å²) in [6, 6.07) is 0. The quantitative estimate of drug-likeness (QED) is 0.612. The molecule has 1 heterocycles. The van der Waals surface area contributed by atoms with Crippen LogP contribution < -0.4 is 5.32 Å². The summed E-state index contributed by atoms with van der Waals surface area (Å²) < 4.78 is 0. The fourth-order valence-electron chi connectivity index (χ4n) is 1.79. The van der Waals surface area contributed by atoms with Crippen LogP contribution in [0.4, 0.5) is 5.82 Å². The van der Waals surface area contributed by atoms with Gasteiger partial charge in [-0.15, -0.1) is 11.6 Å². The largest absolute Gasteiger partial charge is 0.370 e. The van der Waals surface area contributed by atoms with Crippen molar-refractivity contribution in [2.45, 2.75) is 25.7 Å². The highest BCUT2D eigenvalue weighted by molar-refractivity contribution is 6.17. The van der Waals surface area contributed by atoms with Gasteiger partial charge in [0.2, 0.25) is 0 Å². The molecule has 0 amide bonds. The first kappa shape index (κ1) is 9.71. The van der Waals surface area contributed by atoms with Gasteiger partial charge in [-0.2, -0.15) is 0 Å². The van der Waals surface area contributed by atoms with Gasteiger partial charge >= 0.3 is 0 Å². The zero-order valence-electron chi connectivity index (χ0n) is 8.09. The fraction of sp³-hybridized carbons (Fsp3) is 0.600. The van der Waals surface area contributed by atoms with Gasteiger partial charge in [-0.1, -0.05) is 0 Å². The lowest BCUT2D eigenvalue weighted by molar-refractivity contribution is 0.899. The Bertz CT molecular complexity index is 314. The zero-order valence-corrected chi connectivity index (χ0v) is 8.85. The molecule has 0 saturated heterocycles. The van der Waals surface area contributed by atoms with E-state index in [4.69, 9.17) is 11.6 Å². The van der Waals surface area contributed by atoms with Crippen molar-refractivity contribution in [3.63, 3.8) is 0 Å². The van der Waals surface area contributed by atoms with Gasteiger partial charge < -0.3 is 5.32 Å². The highest BCUT2D eigenvalue weighted by Gasteiger charge is 2.16. The van der Waals surface area contributed by atoms with Crippen molar-refractivity contribution in [1.82, 2.24) is 9.97 Å². The van der Waals surface area contributed by atoms with E-state index in [1.54, 1.807) is 6.33 Å². The van der Waals surface area contributed by atoms with Crippen molar-refractivity contribution in [2.75, 3.05) is 17.7 Å². The SMILES string of the molecule is ClCCCNc1ncnc2c1CCC2. The molecular weight excluding hydrogens is 198 g/mol. The van der Waals surface area contributed by atoms with E-state index in [9.17, 15) is 0 Å². The van der Waals surface area contributed by atoms with Crippen LogP contribution in [0.5, 0.6) is 0 Å². The molecule has 0 spiro atoms. The van der Waals surface area contributed by atoms with Crippen LogP contribution in [0.2, 0.25) is 0 Å². The van der Waals surface area contributed by atoms with E-state index in [-0.39, 0.29) is 0 Å². The molecule has 3 nitrogen and oxygen atoms in total. The summed E-state index contributed by atoms with van der Waals surface area (Å²) >= 11 is 5.61. The van der Waals surface area contributed by atoms with E-state index in [1.807, 2.05) is 0 Å². The summed E-state index contributed by atoms with van der Waals surface area (Å²) in [7, 11) is 0. The highest BCUT2D eigenvalue weighted by Crippen LogP contribution is 2.24.